The number of esters is 1. The van der Waals surface area contributed by atoms with Crippen LogP contribution in [0.25, 0.3) is 0 Å². The van der Waals surface area contributed by atoms with E-state index >= 15 is 0 Å². The van der Waals surface area contributed by atoms with Crippen molar-refractivity contribution in [1.82, 2.24) is 0 Å². The SMILES string of the molecule is C=C/C=C\[C@H](C)[C@@H]1OC(=O)CC/C=C/[C@@H](C)[C@@H](O)C[C@H](O)/C=C\[C@H](C)[C@H](O)[C@@H](C)C[C@@H](C)CC[C@@H](O)C1C. The average molecular weight is 535 g/mol. The Morgan fingerprint density at radius 1 is 0.947 bits per heavy atom. The summed E-state index contributed by atoms with van der Waals surface area (Å²) in [4.78, 5) is 12.7. The van der Waals surface area contributed by atoms with Gasteiger partial charge in [0.2, 0.25) is 0 Å². The van der Waals surface area contributed by atoms with Crippen molar-refractivity contribution >= 4 is 5.97 Å². The Hall–Kier alpha value is -1.73. The Labute approximate surface area is 231 Å². The number of allylic oxidation sites excluding steroid dienone is 3. The highest BCUT2D eigenvalue weighted by Gasteiger charge is 2.31. The van der Waals surface area contributed by atoms with Gasteiger partial charge in [-0.15, -0.1) is 0 Å². The molecule has 0 aliphatic carbocycles. The van der Waals surface area contributed by atoms with Gasteiger partial charge in [0, 0.05) is 36.5 Å². The maximum atomic E-state index is 12.7. The van der Waals surface area contributed by atoms with E-state index < -0.39 is 30.5 Å². The third-order valence-corrected chi connectivity index (χ3v) is 7.99. The predicted octanol–water partition coefficient (Wildman–Crippen LogP) is 5.37. The number of aliphatic hydroxyl groups excluding tert-OH is 4. The van der Waals surface area contributed by atoms with Crippen molar-refractivity contribution in [2.45, 2.75) is 111 Å². The van der Waals surface area contributed by atoms with Crippen molar-refractivity contribution < 1.29 is 30.0 Å². The molecule has 1 aliphatic rings. The molecule has 0 radical (unpaired) electrons. The van der Waals surface area contributed by atoms with Gasteiger partial charge in [-0.1, -0.05) is 90.7 Å². The summed E-state index contributed by atoms with van der Waals surface area (Å²) in [6, 6.07) is 0. The van der Waals surface area contributed by atoms with Crippen molar-refractivity contribution in [3.05, 3.63) is 49.1 Å². The number of hydrogen-bond donors (Lipinski definition) is 4. The molecule has 4 N–H and O–H groups in total. The van der Waals surface area contributed by atoms with Gasteiger partial charge >= 0.3 is 5.97 Å². The quantitative estimate of drug-likeness (QED) is 0.220. The Bertz CT molecular complexity index is 774. The normalized spacial score (nSPS) is 40.3. The van der Waals surface area contributed by atoms with E-state index in [-0.39, 0.29) is 48.4 Å². The first kappa shape index (κ1) is 34.3. The maximum absolute atomic E-state index is 12.7. The van der Waals surface area contributed by atoms with Crippen LogP contribution in [0.3, 0.4) is 0 Å². The number of rotatable bonds is 3. The third-order valence-electron chi connectivity index (χ3n) is 7.99. The topological polar surface area (TPSA) is 107 Å². The second-order valence-electron chi connectivity index (χ2n) is 11.7. The van der Waals surface area contributed by atoms with E-state index in [1.165, 1.54) is 0 Å². The summed E-state index contributed by atoms with van der Waals surface area (Å²) < 4.78 is 5.89. The van der Waals surface area contributed by atoms with Crippen LogP contribution in [0.15, 0.2) is 49.1 Å². The average Bonchev–Trinajstić information content (AvgIpc) is 2.88. The van der Waals surface area contributed by atoms with Crippen molar-refractivity contribution in [2.24, 2.45) is 35.5 Å². The minimum Gasteiger partial charge on any atom is -0.461 e. The lowest BCUT2D eigenvalue weighted by Crippen LogP contribution is -2.37. The molecule has 1 aliphatic heterocycles. The summed E-state index contributed by atoms with van der Waals surface area (Å²) in [5, 5.41) is 42.8. The highest BCUT2D eigenvalue weighted by molar-refractivity contribution is 5.69. The fourth-order valence-electron chi connectivity index (χ4n) is 5.21. The van der Waals surface area contributed by atoms with Gasteiger partial charge in [-0.3, -0.25) is 4.79 Å². The molecular weight excluding hydrogens is 480 g/mol. The predicted molar refractivity (Wildman–Crippen MR) is 154 cm³/mol. The molecule has 1 rings (SSSR count). The molecule has 38 heavy (non-hydrogen) atoms. The molecule has 0 saturated heterocycles. The van der Waals surface area contributed by atoms with Gasteiger partial charge in [0.15, 0.2) is 0 Å². The highest BCUT2D eigenvalue weighted by atomic mass is 16.5. The third kappa shape index (κ3) is 12.4. The number of aliphatic hydroxyl groups is 4. The first-order valence-corrected chi connectivity index (χ1v) is 14.4. The van der Waals surface area contributed by atoms with E-state index in [0.717, 1.165) is 12.8 Å². The van der Waals surface area contributed by atoms with Crippen LogP contribution in [0.4, 0.5) is 0 Å². The van der Waals surface area contributed by atoms with E-state index in [1.807, 2.05) is 65.0 Å². The van der Waals surface area contributed by atoms with E-state index in [1.54, 1.807) is 12.2 Å². The fraction of sp³-hybridized carbons (Fsp3) is 0.719. The van der Waals surface area contributed by atoms with Crippen LogP contribution in [0.2, 0.25) is 0 Å². The molecule has 0 fully saturated rings. The number of ether oxygens (including phenoxy) is 1. The van der Waals surface area contributed by atoms with Crippen molar-refractivity contribution in [3.8, 4) is 0 Å². The largest absolute Gasteiger partial charge is 0.461 e. The van der Waals surface area contributed by atoms with Gasteiger partial charge in [-0.25, -0.2) is 0 Å². The summed E-state index contributed by atoms with van der Waals surface area (Å²) in [5.41, 5.74) is 0. The van der Waals surface area contributed by atoms with Gasteiger partial charge in [0.05, 0.1) is 24.4 Å². The Balaban J connectivity index is 3.10. The molecule has 0 spiro atoms. The van der Waals surface area contributed by atoms with Gasteiger partial charge in [-0.2, -0.15) is 0 Å². The lowest BCUT2D eigenvalue weighted by molar-refractivity contribution is -0.156. The maximum Gasteiger partial charge on any atom is 0.306 e. The van der Waals surface area contributed by atoms with Crippen LogP contribution >= 0.6 is 0 Å². The summed E-state index contributed by atoms with van der Waals surface area (Å²) >= 11 is 0. The van der Waals surface area contributed by atoms with Gasteiger partial charge < -0.3 is 25.2 Å². The minimum absolute atomic E-state index is 0.0442. The summed E-state index contributed by atoms with van der Waals surface area (Å²) in [6.45, 7) is 15.6. The van der Waals surface area contributed by atoms with Crippen LogP contribution < -0.4 is 0 Å². The van der Waals surface area contributed by atoms with E-state index in [0.29, 0.717) is 18.8 Å². The molecule has 1 heterocycles. The molecule has 218 valence electrons. The molecule has 6 heteroatoms. The van der Waals surface area contributed by atoms with Crippen LogP contribution in [0, 0.1) is 35.5 Å². The van der Waals surface area contributed by atoms with E-state index in [2.05, 4.69) is 13.5 Å². The number of carbonyl (C=O) groups excluding carboxylic acids is 1. The van der Waals surface area contributed by atoms with E-state index in [9.17, 15) is 25.2 Å². The highest BCUT2D eigenvalue weighted by Crippen LogP contribution is 2.28. The molecule has 0 amide bonds. The molecule has 6 nitrogen and oxygen atoms in total. The molecule has 0 aromatic heterocycles. The lowest BCUT2D eigenvalue weighted by atomic mass is 9.82. The monoisotopic (exact) mass is 534 g/mol. The number of cyclic esters (lactones) is 1. The second-order valence-corrected chi connectivity index (χ2v) is 11.7. The van der Waals surface area contributed by atoms with Gasteiger partial charge in [-0.05, 0) is 37.5 Å². The molecular formula is C32H54O6. The Kier molecular flexibility index (Phi) is 16.0. The van der Waals surface area contributed by atoms with Gasteiger partial charge in [0.1, 0.15) is 6.10 Å². The van der Waals surface area contributed by atoms with Crippen LogP contribution in [0.5, 0.6) is 0 Å². The van der Waals surface area contributed by atoms with Crippen molar-refractivity contribution in [1.29, 1.82) is 0 Å². The molecule has 0 bridgehead atoms. The van der Waals surface area contributed by atoms with Crippen LogP contribution in [-0.4, -0.2) is 56.9 Å². The molecule has 0 aromatic rings. The van der Waals surface area contributed by atoms with E-state index in [4.69, 9.17) is 4.74 Å². The number of carbonyl (C=O) groups is 1. The zero-order valence-corrected chi connectivity index (χ0v) is 24.4. The second kappa shape index (κ2) is 17.8. The molecule has 11 atom stereocenters. The minimum atomic E-state index is -0.810. The molecule has 1 unspecified atom stereocenters. The smallest absolute Gasteiger partial charge is 0.306 e. The van der Waals surface area contributed by atoms with Gasteiger partial charge in [0.25, 0.3) is 0 Å². The zero-order chi connectivity index (χ0) is 28.8. The lowest BCUT2D eigenvalue weighted by Gasteiger charge is -2.32. The van der Waals surface area contributed by atoms with Crippen LogP contribution in [0.1, 0.15) is 80.1 Å². The fourth-order valence-corrected chi connectivity index (χ4v) is 5.21. The molecule has 0 saturated carbocycles. The summed E-state index contributed by atoms with van der Waals surface area (Å²) in [6.07, 6.45) is 12.5. The standard InChI is InChI=1S/C32H54O6/c1-8-9-12-24(5)32-26(7)28(34)18-15-21(2)19-25(6)31(37)23(4)16-17-27(33)20-29(35)22(3)13-10-11-14-30(36)38-32/h8-10,12-13,16-17,21-29,31-35,37H,1,11,14-15,18-20H2,2-7H3/b12-9-,13-10+,17-16-/t21-,22+,23-,24-,25-,26?,27+,28+,29-,31-,32-/m0/s1. The Morgan fingerprint density at radius 3 is 2.29 bits per heavy atom. The first-order valence-electron chi connectivity index (χ1n) is 14.4. The first-order chi connectivity index (χ1) is 17.9. The van der Waals surface area contributed by atoms with Crippen molar-refractivity contribution in [2.75, 3.05) is 0 Å². The summed E-state index contributed by atoms with van der Waals surface area (Å²) in [7, 11) is 0. The van der Waals surface area contributed by atoms with Crippen molar-refractivity contribution in [3.63, 3.8) is 0 Å². The zero-order valence-electron chi connectivity index (χ0n) is 24.4. The molecule has 0 aromatic carbocycles. The Morgan fingerprint density at radius 2 is 1.63 bits per heavy atom. The number of hydrogen-bond acceptors (Lipinski definition) is 6. The summed E-state index contributed by atoms with van der Waals surface area (Å²) in [5.74, 6) is -0.649. The van der Waals surface area contributed by atoms with Crippen LogP contribution in [-0.2, 0) is 9.53 Å².